The van der Waals surface area contributed by atoms with Gasteiger partial charge in [-0.1, -0.05) is 12.1 Å². The Balaban J connectivity index is 2.50. The Bertz CT molecular complexity index is 520. The van der Waals surface area contributed by atoms with Crippen molar-refractivity contribution in [3.63, 3.8) is 0 Å². The molecule has 0 fully saturated rings. The monoisotopic (exact) mass is 346 g/mol. The fourth-order valence-corrected chi connectivity index (χ4v) is 2.03. The summed E-state index contributed by atoms with van der Waals surface area (Å²) in [7, 11) is 3.04. The first-order valence-electron chi connectivity index (χ1n) is 7.74. The highest BCUT2D eigenvalue weighted by molar-refractivity contribution is 5.79. The minimum absolute atomic E-state index is 0.267. The molecule has 1 rings (SSSR count). The maximum Gasteiger partial charge on any atom is 0.401 e. The van der Waals surface area contributed by atoms with E-state index in [1.165, 1.54) is 11.9 Å². The first-order chi connectivity index (χ1) is 11.3. The topological polar surface area (TPSA) is 48.9 Å². The van der Waals surface area contributed by atoms with Gasteiger partial charge in [0.25, 0.3) is 0 Å². The minimum atomic E-state index is -4.18. The minimum Gasteiger partial charge on any atom is -0.497 e. The van der Waals surface area contributed by atoms with Crippen LogP contribution in [0.5, 0.6) is 5.75 Å². The van der Waals surface area contributed by atoms with Crippen LogP contribution in [0.4, 0.5) is 13.2 Å². The number of nitrogens with zero attached hydrogens (tertiary/aromatic N) is 2. The molecule has 0 spiro atoms. The van der Waals surface area contributed by atoms with Gasteiger partial charge in [-0.05, 0) is 31.7 Å². The molecule has 0 saturated carbocycles. The molecular weight excluding hydrogens is 321 g/mol. The maximum atomic E-state index is 12.3. The Morgan fingerprint density at radius 2 is 2.04 bits per heavy atom. The van der Waals surface area contributed by atoms with Crippen LogP contribution >= 0.6 is 0 Å². The van der Waals surface area contributed by atoms with E-state index in [4.69, 9.17) is 4.74 Å². The first-order valence-corrected chi connectivity index (χ1v) is 7.74. The normalized spacial score (nSPS) is 12.4. The van der Waals surface area contributed by atoms with E-state index in [2.05, 4.69) is 15.6 Å². The zero-order valence-electron chi connectivity index (χ0n) is 14.3. The lowest BCUT2D eigenvalue weighted by molar-refractivity contribution is -0.142. The van der Waals surface area contributed by atoms with Gasteiger partial charge in [-0.3, -0.25) is 4.90 Å². The molecule has 8 heteroatoms. The van der Waals surface area contributed by atoms with Crippen molar-refractivity contribution in [2.45, 2.75) is 19.6 Å². The van der Waals surface area contributed by atoms with Crippen LogP contribution in [0.2, 0.25) is 0 Å². The number of likely N-dealkylation sites (N-methyl/N-ethyl adjacent to an activating group) is 1. The second-order valence-electron chi connectivity index (χ2n) is 5.33. The lowest BCUT2D eigenvalue weighted by Crippen LogP contribution is -2.42. The van der Waals surface area contributed by atoms with Gasteiger partial charge in [0.2, 0.25) is 0 Å². The van der Waals surface area contributed by atoms with Crippen molar-refractivity contribution in [2.24, 2.45) is 4.99 Å². The summed E-state index contributed by atoms with van der Waals surface area (Å²) in [6.45, 7) is 2.76. The number of guanidine groups is 1. The van der Waals surface area contributed by atoms with E-state index in [9.17, 15) is 13.2 Å². The van der Waals surface area contributed by atoms with Gasteiger partial charge in [-0.25, -0.2) is 4.99 Å². The molecular formula is C16H25F3N4O. The Kier molecular flexibility index (Phi) is 8.39. The Hall–Kier alpha value is -1.96. The van der Waals surface area contributed by atoms with Gasteiger partial charge in [0.1, 0.15) is 5.75 Å². The molecule has 0 heterocycles. The molecule has 0 saturated heterocycles. The molecule has 0 aliphatic rings. The highest BCUT2D eigenvalue weighted by Crippen LogP contribution is 2.15. The molecule has 0 bridgehead atoms. The number of halogens is 3. The lowest BCUT2D eigenvalue weighted by atomic mass is 10.2. The van der Waals surface area contributed by atoms with E-state index >= 15 is 0 Å². The van der Waals surface area contributed by atoms with Crippen LogP contribution in [0.3, 0.4) is 0 Å². The van der Waals surface area contributed by atoms with E-state index in [-0.39, 0.29) is 6.54 Å². The van der Waals surface area contributed by atoms with E-state index in [1.807, 2.05) is 31.2 Å². The van der Waals surface area contributed by atoms with Crippen LogP contribution in [-0.2, 0) is 6.54 Å². The van der Waals surface area contributed by atoms with Crippen molar-refractivity contribution in [3.8, 4) is 5.75 Å². The molecule has 0 aliphatic carbocycles. The summed E-state index contributed by atoms with van der Waals surface area (Å²) >= 11 is 0. The lowest BCUT2D eigenvalue weighted by Gasteiger charge is -2.19. The van der Waals surface area contributed by atoms with E-state index in [0.29, 0.717) is 25.6 Å². The molecule has 5 nitrogen and oxygen atoms in total. The van der Waals surface area contributed by atoms with Gasteiger partial charge < -0.3 is 15.4 Å². The van der Waals surface area contributed by atoms with Crippen LogP contribution in [0.1, 0.15) is 12.5 Å². The third-order valence-electron chi connectivity index (χ3n) is 3.13. The molecule has 0 aliphatic heterocycles. The third-order valence-corrected chi connectivity index (χ3v) is 3.13. The predicted molar refractivity (Wildman–Crippen MR) is 89.4 cm³/mol. The number of ether oxygens (including phenoxy) is 1. The highest BCUT2D eigenvalue weighted by atomic mass is 19.4. The van der Waals surface area contributed by atoms with Crippen LogP contribution in [0.25, 0.3) is 0 Å². The standard InChI is InChI=1S/C16H25F3N4O/c1-4-20-15(21-8-9-23(2)12-16(17,18)19)22-11-13-6-5-7-14(10-13)24-3/h5-7,10H,4,8-9,11-12H2,1-3H3,(H2,20,21,22). The third kappa shape index (κ3) is 8.61. The van der Waals surface area contributed by atoms with E-state index < -0.39 is 12.7 Å². The van der Waals surface area contributed by atoms with Gasteiger partial charge in [0.05, 0.1) is 20.2 Å². The average molecular weight is 346 g/mol. The molecule has 0 atom stereocenters. The van der Waals surface area contributed by atoms with E-state index in [0.717, 1.165) is 11.3 Å². The number of hydrogen-bond acceptors (Lipinski definition) is 3. The van der Waals surface area contributed by atoms with Crippen LogP contribution < -0.4 is 15.4 Å². The second-order valence-corrected chi connectivity index (χ2v) is 5.33. The van der Waals surface area contributed by atoms with Crippen molar-refractivity contribution >= 4 is 5.96 Å². The predicted octanol–water partition coefficient (Wildman–Crippen LogP) is 2.24. The van der Waals surface area contributed by atoms with Crippen LogP contribution in [0, 0.1) is 0 Å². The fraction of sp³-hybridized carbons (Fsp3) is 0.562. The number of methoxy groups -OCH3 is 1. The molecule has 1 aromatic carbocycles. The number of hydrogen-bond donors (Lipinski definition) is 2. The number of aliphatic imine (C=N–C) groups is 1. The van der Waals surface area contributed by atoms with Gasteiger partial charge >= 0.3 is 6.18 Å². The van der Waals surface area contributed by atoms with Gasteiger partial charge in [-0.2, -0.15) is 13.2 Å². The molecule has 0 radical (unpaired) electrons. The first kappa shape index (κ1) is 20.1. The zero-order chi connectivity index (χ0) is 18.0. The van der Waals surface area contributed by atoms with Gasteiger partial charge in [0.15, 0.2) is 5.96 Å². The molecule has 0 unspecified atom stereocenters. The molecule has 0 amide bonds. The van der Waals surface area contributed by atoms with Crippen molar-refractivity contribution in [3.05, 3.63) is 29.8 Å². The Labute approximate surface area is 140 Å². The van der Waals surface area contributed by atoms with Crippen molar-refractivity contribution in [2.75, 3.05) is 40.3 Å². The molecule has 136 valence electrons. The van der Waals surface area contributed by atoms with Crippen molar-refractivity contribution < 1.29 is 17.9 Å². The second kappa shape index (κ2) is 10.0. The van der Waals surface area contributed by atoms with Gasteiger partial charge in [0, 0.05) is 19.6 Å². The number of rotatable bonds is 8. The summed E-state index contributed by atoms with van der Waals surface area (Å²) in [4.78, 5) is 5.65. The van der Waals surface area contributed by atoms with Crippen molar-refractivity contribution in [1.29, 1.82) is 0 Å². The molecule has 1 aromatic rings. The highest BCUT2D eigenvalue weighted by Gasteiger charge is 2.28. The number of benzene rings is 1. The summed E-state index contributed by atoms with van der Waals surface area (Å²) in [5.74, 6) is 1.33. The van der Waals surface area contributed by atoms with Crippen LogP contribution in [0.15, 0.2) is 29.3 Å². The number of alkyl halides is 3. The fourth-order valence-electron chi connectivity index (χ4n) is 2.03. The van der Waals surface area contributed by atoms with Crippen molar-refractivity contribution in [1.82, 2.24) is 15.5 Å². The van der Waals surface area contributed by atoms with Gasteiger partial charge in [-0.15, -0.1) is 0 Å². The summed E-state index contributed by atoms with van der Waals surface area (Å²) < 4.78 is 42.0. The summed E-state index contributed by atoms with van der Waals surface area (Å²) in [6.07, 6.45) is -4.18. The maximum absolute atomic E-state index is 12.3. The number of nitrogens with one attached hydrogen (secondary N) is 2. The van der Waals surface area contributed by atoms with E-state index in [1.54, 1.807) is 7.11 Å². The SMILES string of the molecule is CCNC(=NCc1cccc(OC)c1)NCCN(C)CC(F)(F)F. The van der Waals surface area contributed by atoms with Crippen LogP contribution in [-0.4, -0.2) is 57.4 Å². The smallest absolute Gasteiger partial charge is 0.401 e. The Morgan fingerprint density at radius 3 is 2.67 bits per heavy atom. The summed E-state index contributed by atoms with van der Waals surface area (Å²) in [5.41, 5.74) is 0.987. The molecule has 2 N–H and O–H groups in total. The molecule has 24 heavy (non-hydrogen) atoms. The molecule has 0 aromatic heterocycles. The largest absolute Gasteiger partial charge is 0.497 e. The average Bonchev–Trinajstić information content (AvgIpc) is 2.51. The Morgan fingerprint density at radius 1 is 1.29 bits per heavy atom. The summed E-state index contributed by atoms with van der Waals surface area (Å²) in [5, 5.41) is 6.11. The quantitative estimate of drug-likeness (QED) is 0.560. The zero-order valence-corrected chi connectivity index (χ0v) is 14.3. The summed E-state index contributed by atoms with van der Waals surface area (Å²) in [6, 6.07) is 7.57.